The first-order valence-electron chi connectivity index (χ1n) is 6.68. The summed E-state index contributed by atoms with van der Waals surface area (Å²) in [5, 5.41) is 9.55. The Bertz CT molecular complexity index is 764. The number of carbonyl (C=O) groups excluding carboxylic acids is 1. The number of rotatable bonds is 4. The number of nitriles is 1. The van der Waals surface area contributed by atoms with E-state index in [0.29, 0.717) is 16.3 Å². The lowest BCUT2D eigenvalue weighted by molar-refractivity contribution is -0.149. The van der Waals surface area contributed by atoms with Crippen LogP contribution in [0.2, 0.25) is 10.0 Å². The van der Waals surface area contributed by atoms with E-state index in [0.717, 1.165) is 0 Å². The number of halogens is 2. The SMILES string of the molecule is CC(C)(Oc1ccc(Cl)cc1)C(=O)Oc1ccc(C#N)cc1Cl. The summed E-state index contributed by atoms with van der Waals surface area (Å²) in [6.45, 7) is 3.17. The van der Waals surface area contributed by atoms with Gasteiger partial charge >= 0.3 is 5.97 Å². The molecule has 0 aliphatic rings. The van der Waals surface area contributed by atoms with Gasteiger partial charge < -0.3 is 9.47 Å². The van der Waals surface area contributed by atoms with Crippen molar-refractivity contribution in [2.24, 2.45) is 0 Å². The Morgan fingerprint density at radius 2 is 1.78 bits per heavy atom. The molecule has 0 fully saturated rings. The molecule has 118 valence electrons. The molecule has 0 heterocycles. The molecule has 2 aromatic carbocycles. The summed E-state index contributed by atoms with van der Waals surface area (Å²) in [5.41, 5.74) is -0.850. The lowest BCUT2D eigenvalue weighted by atomic mass is 10.1. The molecule has 0 N–H and O–H groups in total. The Balaban J connectivity index is 2.12. The second-order valence-corrected chi connectivity index (χ2v) is 6.06. The van der Waals surface area contributed by atoms with Crippen molar-refractivity contribution in [2.75, 3.05) is 0 Å². The van der Waals surface area contributed by atoms with E-state index < -0.39 is 11.6 Å². The molecule has 0 aliphatic carbocycles. The number of ether oxygens (including phenoxy) is 2. The van der Waals surface area contributed by atoms with Crippen molar-refractivity contribution in [1.29, 1.82) is 5.26 Å². The molecule has 0 atom stereocenters. The molecule has 0 amide bonds. The monoisotopic (exact) mass is 349 g/mol. The minimum atomic E-state index is -1.23. The minimum Gasteiger partial charge on any atom is -0.476 e. The predicted octanol–water partition coefficient (Wildman–Crippen LogP) is 4.63. The molecule has 0 bridgehead atoms. The van der Waals surface area contributed by atoms with Crippen LogP contribution >= 0.6 is 23.2 Å². The standard InChI is InChI=1S/C17H13Cl2NO3/c1-17(2,23-13-6-4-12(18)5-7-13)16(21)22-15-8-3-11(10-20)9-14(15)19/h3-9H,1-2H3. The summed E-state index contributed by atoms with van der Waals surface area (Å²) < 4.78 is 10.9. The van der Waals surface area contributed by atoms with Crippen LogP contribution in [0, 0.1) is 11.3 Å². The molecular weight excluding hydrogens is 337 g/mol. The third kappa shape index (κ3) is 4.38. The van der Waals surface area contributed by atoms with Crippen LogP contribution in [0.25, 0.3) is 0 Å². The summed E-state index contributed by atoms with van der Waals surface area (Å²) in [7, 11) is 0. The Hall–Kier alpha value is -2.22. The van der Waals surface area contributed by atoms with Crippen molar-refractivity contribution < 1.29 is 14.3 Å². The van der Waals surface area contributed by atoms with Gasteiger partial charge in [0.15, 0.2) is 0 Å². The Morgan fingerprint density at radius 3 is 2.35 bits per heavy atom. The molecule has 4 nitrogen and oxygen atoms in total. The van der Waals surface area contributed by atoms with Crippen molar-refractivity contribution in [3.05, 3.63) is 58.1 Å². The Labute approximate surface area is 144 Å². The highest BCUT2D eigenvalue weighted by atomic mass is 35.5. The highest BCUT2D eigenvalue weighted by Crippen LogP contribution is 2.28. The van der Waals surface area contributed by atoms with E-state index >= 15 is 0 Å². The van der Waals surface area contributed by atoms with Crippen molar-refractivity contribution in [3.8, 4) is 17.6 Å². The van der Waals surface area contributed by atoms with Gasteiger partial charge in [0.05, 0.1) is 16.7 Å². The number of benzene rings is 2. The van der Waals surface area contributed by atoms with Crippen LogP contribution in [0.5, 0.6) is 11.5 Å². The summed E-state index contributed by atoms with van der Waals surface area (Å²) in [4.78, 5) is 12.3. The number of hydrogen-bond donors (Lipinski definition) is 0. The molecule has 23 heavy (non-hydrogen) atoms. The first-order valence-corrected chi connectivity index (χ1v) is 7.44. The average Bonchev–Trinajstić information content (AvgIpc) is 2.51. The van der Waals surface area contributed by atoms with Gasteiger partial charge in [0, 0.05) is 5.02 Å². The quantitative estimate of drug-likeness (QED) is 0.596. The molecular formula is C17H13Cl2NO3. The van der Waals surface area contributed by atoms with Crippen LogP contribution in [0.15, 0.2) is 42.5 Å². The van der Waals surface area contributed by atoms with E-state index in [1.54, 1.807) is 38.1 Å². The van der Waals surface area contributed by atoms with Crippen molar-refractivity contribution in [1.82, 2.24) is 0 Å². The molecule has 0 radical (unpaired) electrons. The second-order valence-electron chi connectivity index (χ2n) is 5.21. The first-order chi connectivity index (χ1) is 10.8. The van der Waals surface area contributed by atoms with Gasteiger partial charge in [0.1, 0.15) is 11.5 Å². The van der Waals surface area contributed by atoms with E-state index in [4.69, 9.17) is 37.9 Å². The van der Waals surface area contributed by atoms with Crippen LogP contribution < -0.4 is 9.47 Å². The maximum absolute atomic E-state index is 12.3. The average molecular weight is 350 g/mol. The van der Waals surface area contributed by atoms with Crippen LogP contribution in [0.4, 0.5) is 0 Å². The van der Waals surface area contributed by atoms with Crippen LogP contribution in [-0.2, 0) is 4.79 Å². The number of esters is 1. The van der Waals surface area contributed by atoms with E-state index in [1.165, 1.54) is 18.2 Å². The molecule has 0 aliphatic heterocycles. The van der Waals surface area contributed by atoms with Gasteiger partial charge in [-0.05, 0) is 56.3 Å². The molecule has 0 unspecified atom stereocenters. The number of hydrogen-bond acceptors (Lipinski definition) is 4. The molecule has 6 heteroatoms. The third-order valence-corrected chi connectivity index (χ3v) is 3.49. The van der Waals surface area contributed by atoms with Gasteiger partial charge in [-0.2, -0.15) is 5.26 Å². The van der Waals surface area contributed by atoms with E-state index in [2.05, 4.69) is 0 Å². The zero-order valence-electron chi connectivity index (χ0n) is 12.5. The van der Waals surface area contributed by atoms with Gasteiger partial charge in [0.25, 0.3) is 0 Å². The largest absolute Gasteiger partial charge is 0.476 e. The third-order valence-electron chi connectivity index (χ3n) is 2.94. The first kappa shape index (κ1) is 17.1. The second kappa shape index (κ2) is 6.91. The maximum Gasteiger partial charge on any atom is 0.355 e. The molecule has 2 aromatic rings. The highest BCUT2D eigenvalue weighted by molar-refractivity contribution is 6.32. The molecule has 0 aromatic heterocycles. The zero-order valence-corrected chi connectivity index (χ0v) is 14.0. The lowest BCUT2D eigenvalue weighted by Crippen LogP contribution is -2.41. The fourth-order valence-electron chi connectivity index (χ4n) is 1.71. The lowest BCUT2D eigenvalue weighted by Gasteiger charge is -2.24. The Kier molecular flexibility index (Phi) is 5.15. The molecule has 2 rings (SSSR count). The van der Waals surface area contributed by atoms with Crippen molar-refractivity contribution in [2.45, 2.75) is 19.4 Å². The van der Waals surface area contributed by atoms with E-state index in [1.807, 2.05) is 6.07 Å². The number of nitrogens with zero attached hydrogens (tertiary/aromatic N) is 1. The predicted molar refractivity (Wildman–Crippen MR) is 88.0 cm³/mol. The van der Waals surface area contributed by atoms with Gasteiger partial charge in [-0.15, -0.1) is 0 Å². The minimum absolute atomic E-state index is 0.170. The van der Waals surface area contributed by atoms with Gasteiger partial charge in [-0.1, -0.05) is 23.2 Å². The van der Waals surface area contributed by atoms with E-state index in [9.17, 15) is 4.79 Å². The number of carbonyl (C=O) groups is 1. The van der Waals surface area contributed by atoms with Crippen molar-refractivity contribution >= 4 is 29.2 Å². The van der Waals surface area contributed by atoms with Gasteiger partial charge in [0.2, 0.25) is 5.60 Å². The fraction of sp³-hybridized carbons (Fsp3) is 0.176. The summed E-state index contributed by atoms with van der Waals surface area (Å²) in [6, 6.07) is 13.0. The topological polar surface area (TPSA) is 59.3 Å². The summed E-state index contributed by atoms with van der Waals surface area (Å²) in [5.74, 6) is 0.0461. The van der Waals surface area contributed by atoms with Crippen LogP contribution in [-0.4, -0.2) is 11.6 Å². The van der Waals surface area contributed by atoms with E-state index in [-0.39, 0.29) is 10.8 Å². The summed E-state index contributed by atoms with van der Waals surface area (Å²) in [6.07, 6.45) is 0. The fourth-order valence-corrected chi connectivity index (χ4v) is 2.06. The van der Waals surface area contributed by atoms with Crippen molar-refractivity contribution in [3.63, 3.8) is 0 Å². The molecule has 0 spiro atoms. The van der Waals surface area contributed by atoms with Gasteiger partial charge in [-0.25, -0.2) is 4.79 Å². The Morgan fingerprint density at radius 1 is 1.13 bits per heavy atom. The van der Waals surface area contributed by atoms with Gasteiger partial charge in [-0.3, -0.25) is 0 Å². The van der Waals surface area contributed by atoms with Crippen LogP contribution in [0.1, 0.15) is 19.4 Å². The normalized spacial score (nSPS) is 10.7. The zero-order chi connectivity index (χ0) is 17.0. The molecule has 0 saturated carbocycles. The smallest absolute Gasteiger partial charge is 0.355 e. The summed E-state index contributed by atoms with van der Waals surface area (Å²) >= 11 is 11.8. The highest BCUT2D eigenvalue weighted by Gasteiger charge is 2.33. The van der Waals surface area contributed by atoms with Crippen LogP contribution in [0.3, 0.4) is 0 Å². The molecule has 0 saturated heterocycles. The maximum atomic E-state index is 12.3.